The second kappa shape index (κ2) is 4.32. The summed E-state index contributed by atoms with van der Waals surface area (Å²) in [5.41, 5.74) is 7.98. The minimum absolute atomic E-state index is 0.471. The topological polar surface area (TPSA) is 74.7 Å². The van der Waals surface area contributed by atoms with Crippen molar-refractivity contribution in [2.45, 2.75) is 0 Å². The first-order chi connectivity index (χ1) is 7.78. The van der Waals surface area contributed by atoms with Gasteiger partial charge in [-0.1, -0.05) is 0 Å². The van der Waals surface area contributed by atoms with Gasteiger partial charge in [-0.15, -0.1) is 0 Å². The van der Waals surface area contributed by atoms with Crippen molar-refractivity contribution < 1.29 is 0 Å². The monoisotopic (exact) mass is 210 g/mol. The van der Waals surface area contributed by atoms with Crippen LogP contribution in [0.3, 0.4) is 0 Å². The van der Waals surface area contributed by atoms with Crippen LogP contribution in [0, 0.1) is 11.3 Å². The highest BCUT2D eigenvalue weighted by atomic mass is 14.9. The zero-order chi connectivity index (χ0) is 11.4. The number of benzene rings is 1. The lowest BCUT2D eigenvalue weighted by molar-refractivity contribution is 1.33. The van der Waals surface area contributed by atoms with Crippen molar-refractivity contribution >= 4 is 17.2 Å². The van der Waals surface area contributed by atoms with Gasteiger partial charge in [0.15, 0.2) is 0 Å². The van der Waals surface area contributed by atoms with E-state index in [0.29, 0.717) is 11.4 Å². The van der Waals surface area contributed by atoms with E-state index in [4.69, 9.17) is 11.0 Å². The van der Waals surface area contributed by atoms with Crippen molar-refractivity contribution in [3.8, 4) is 6.07 Å². The van der Waals surface area contributed by atoms with Gasteiger partial charge in [-0.25, -0.2) is 4.98 Å². The molecule has 0 saturated carbocycles. The molecule has 0 unspecified atom stereocenters. The minimum Gasteiger partial charge on any atom is -0.384 e. The van der Waals surface area contributed by atoms with Crippen LogP contribution in [0.1, 0.15) is 5.56 Å². The highest BCUT2D eigenvalue weighted by Gasteiger charge is 1.96. The predicted molar refractivity (Wildman–Crippen MR) is 63.1 cm³/mol. The van der Waals surface area contributed by atoms with E-state index in [-0.39, 0.29) is 0 Å². The van der Waals surface area contributed by atoms with Crippen molar-refractivity contribution in [3.63, 3.8) is 0 Å². The third-order valence-corrected chi connectivity index (χ3v) is 2.08. The first-order valence-corrected chi connectivity index (χ1v) is 4.76. The van der Waals surface area contributed by atoms with Crippen LogP contribution in [0.25, 0.3) is 0 Å². The molecule has 2 rings (SSSR count). The summed E-state index contributed by atoms with van der Waals surface area (Å²) in [5.74, 6) is 0.471. The fourth-order valence-electron chi connectivity index (χ4n) is 1.32. The van der Waals surface area contributed by atoms with Crippen molar-refractivity contribution in [2.24, 2.45) is 0 Å². The maximum absolute atomic E-state index is 8.66. The smallest absolute Gasteiger partial charge is 0.125 e. The first kappa shape index (κ1) is 9.99. The molecule has 0 bridgehead atoms. The zero-order valence-corrected chi connectivity index (χ0v) is 8.51. The zero-order valence-electron chi connectivity index (χ0n) is 8.51. The molecule has 0 radical (unpaired) electrons. The van der Waals surface area contributed by atoms with Crippen LogP contribution in [0.5, 0.6) is 0 Å². The molecule has 2 aromatic rings. The van der Waals surface area contributed by atoms with Crippen LogP contribution in [0.15, 0.2) is 42.6 Å². The Balaban J connectivity index is 2.18. The molecule has 0 aliphatic carbocycles. The van der Waals surface area contributed by atoms with E-state index < -0.39 is 0 Å². The summed E-state index contributed by atoms with van der Waals surface area (Å²) in [5, 5.41) is 11.8. The minimum atomic E-state index is 0.471. The molecular formula is C12H10N4. The Morgan fingerprint density at radius 2 is 1.88 bits per heavy atom. The standard InChI is InChI=1S/C12H10N4/c13-8-9-1-3-10(4-2-9)16-11-5-6-15-12(14)7-11/h1-7H,(H3,14,15,16). The Hall–Kier alpha value is -2.54. The number of nitrogens with one attached hydrogen (secondary N) is 1. The van der Waals surface area contributed by atoms with Gasteiger partial charge in [-0.3, -0.25) is 0 Å². The lowest BCUT2D eigenvalue weighted by Gasteiger charge is -2.06. The van der Waals surface area contributed by atoms with Gasteiger partial charge < -0.3 is 11.1 Å². The van der Waals surface area contributed by atoms with E-state index in [2.05, 4.69) is 16.4 Å². The third-order valence-electron chi connectivity index (χ3n) is 2.08. The molecule has 0 saturated heterocycles. The fourth-order valence-corrected chi connectivity index (χ4v) is 1.32. The molecule has 1 aromatic heterocycles. The van der Waals surface area contributed by atoms with Gasteiger partial charge in [0.25, 0.3) is 0 Å². The quantitative estimate of drug-likeness (QED) is 0.797. The summed E-state index contributed by atoms with van der Waals surface area (Å²) >= 11 is 0. The SMILES string of the molecule is N#Cc1ccc(Nc2ccnc(N)c2)cc1. The molecule has 0 aliphatic heterocycles. The number of aromatic nitrogens is 1. The van der Waals surface area contributed by atoms with E-state index in [1.165, 1.54) is 0 Å². The Kier molecular flexibility index (Phi) is 2.70. The fraction of sp³-hybridized carbons (Fsp3) is 0. The highest BCUT2D eigenvalue weighted by Crippen LogP contribution is 2.17. The summed E-state index contributed by atoms with van der Waals surface area (Å²) in [7, 11) is 0. The molecule has 78 valence electrons. The van der Waals surface area contributed by atoms with E-state index in [1.807, 2.05) is 18.2 Å². The maximum atomic E-state index is 8.66. The van der Waals surface area contributed by atoms with Crippen LogP contribution < -0.4 is 11.1 Å². The van der Waals surface area contributed by atoms with E-state index in [1.54, 1.807) is 24.4 Å². The number of hydrogen-bond acceptors (Lipinski definition) is 4. The van der Waals surface area contributed by atoms with Gasteiger partial charge in [0, 0.05) is 23.6 Å². The van der Waals surface area contributed by atoms with Gasteiger partial charge in [0.2, 0.25) is 0 Å². The second-order valence-corrected chi connectivity index (χ2v) is 3.28. The van der Waals surface area contributed by atoms with Crippen LogP contribution in [0.2, 0.25) is 0 Å². The third kappa shape index (κ3) is 2.28. The predicted octanol–water partition coefficient (Wildman–Crippen LogP) is 2.28. The summed E-state index contributed by atoms with van der Waals surface area (Å²) in [4.78, 5) is 3.90. The number of hydrogen-bond donors (Lipinski definition) is 2. The number of nitriles is 1. The maximum Gasteiger partial charge on any atom is 0.125 e. The molecule has 1 aromatic carbocycles. The molecule has 0 fully saturated rings. The van der Waals surface area contributed by atoms with Gasteiger partial charge in [0.05, 0.1) is 11.6 Å². The summed E-state index contributed by atoms with van der Waals surface area (Å²) in [6.07, 6.45) is 1.64. The van der Waals surface area contributed by atoms with E-state index in [9.17, 15) is 0 Å². The van der Waals surface area contributed by atoms with Crippen LogP contribution >= 0.6 is 0 Å². The Bertz CT molecular complexity index is 525. The number of anilines is 3. The lowest BCUT2D eigenvalue weighted by atomic mass is 10.2. The largest absolute Gasteiger partial charge is 0.384 e. The average Bonchev–Trinajstić information content (AvgIpc) is 2.30. The van der Waals surface area contributed by atoms with Crippen LogP contribution in [-0.4, -0.2) is 4.98 Å². The van der Waals surface area contributed by atoms with Gasteiger partial charge in [0.1, 0.15) is 5.82 Å². The van der Waals surface area contributed by atoms with E-state index >= 15 is 0 Å². The first-order valence-electron chi connectivity index (χ1n) is 4.76. The summed E-state index contributed by atoms with van der Waals surface area (Å²) in [6, 6.07) is 12.8. The van der Waals surface area contributed by atoms with Crippen molar-refractivity contribution in [1.82, 2.24) is 4.98 Å². The molecule has 16 heavy (non-hydrogen) atoms. The van der Waals surface area contributed by atoms with Crippen molar-refractivity contribution in [1.29, 1.82) is 5.26 Å². The molecule has 4 heteroatoms. The average molecular weight is 210 g/mol. The molecule has 0 spiro atoms. The molecular weight excluding hydrogens is 200 g/mol. The molecule has 0 amide bonds. The highest BCUT2D eigenvalue weighted by molar-refractivity contribution is 5.62. The molecule has 0 aliphatic rings. The normalized spacial score (nSPS) is 9.44. The van der Waals surface area contributed by atoms with Crippen LogP contribution in [0.4, 0.5) is 17.2 Å². The summed E-state index contributed by atoms with van der Waals surface area (Å²) < 4.78 is 0. The number of nitrogens with two attached hydrogens (primary N) is 1. The molecule has 3 N–H and O–H groups in total. The Morgan fingerprint density at radius 3 is 2.50 bits per heavy atom. The molecule has 1 heterocycles. The van der Waals surface area contributed by atoms with Gasteiger partial charge >= 0.3 is 0 Å². The van der Waals surface area contributed by atoms with Crippen LogP contribution in [-0.2, 0) is 0 Å². The van der Waals surface area contributed by atoms with Gasteiger partial charge in [-0.2, -0.15) is 5.26 Å². The number of rotatable bonds is 2. The van der Waals surface area contributed by atoms with Crippen molar-refractivity contribution in [2.75, 3.05) is 11.1 Å². The summed E-state index contributed by atoms with van der Waals surface area (Å²) in [6.45, 7) is 0. The molecule has 4 nitrogen and oxygen atoms in total. The number of pyridine rings is 1. The Morgan fingerprint density at radius 1 is 1.12 bits per heavy atom. The van der Waals surface area contributed by atoms with E-state index in [0.717, 1.165) is 11.4 Å². The lowest BCUT2D eigenvalue weighted by Crippen LogP contribution is -1.94. The van der Waals surface area contributed by atoms with Gasteiger partial charge in [-0.05, 0) is 30.3 Å². The second-order valence-electron chi connectivity index (χ2n) is 3.28. The van der Waals surface area contributed by atoms with Crippen molar-refractivity contribution in [3.05, 3.63) is 48.2 Å². The number of nitrogens with zero attached hydrogens (tertiary/aromatic N) is 2. The molecule has 0 atom stereocenters. The Labute approximate surface area is 93.4 Å². The number of nitrogen functional groups attached to an aromatic ring is 1.